The molecule has 0 nitrogen and oxygen atoms in total. The Labute approximate surface area is 784 Å². The van der Waals surface area contributed by atoms with Crippen LogP contribution in [0.25, 0.3) is 152 Å². The van der Waals surface area contributed by atoms with E-state index >= 15 is 0 Å². The second-order valence-corrected chi connectivity index (χ2v) is 31.5. The van der Waals surface area contributed by atoms with Gasteiger partial charge >= 0.3 is 0 Å². The molecule has 0 radical (unpaired) electrons. The molecule has 130 heavy (non-hydrogen) atoms. The van der Waals surface area contributed by atoms with E-state index in [4.69, 9.17) is 0 Å². The van der Waals surface area contributed by atoms with E-state index in [9.17, 15) is 0 Å². The first kappa shape index (κ1) is 105. The lowest BCUT2D eigenvalue weighted by Gasteiger charge is -2.15. The number of aryl methyl sites for hydroxylation is 15. The Morgan fingerprint density at radius 1 is 0.138 bits per heavy atom. The number of rotatable bonds is 5. The predicted octanol–water partition coefficient (Wildman–Crippen LogP) is 41.0. The van der Waals surface area contributed by atoms with Crippen LogP contribution in [0.3, 0.4) is 0 Å². The van der Waals surface area contributed by atoms with E-state index in [2.05, 4.69) is 425 Å². The molecule has 0 fully saturated rings. The van der Waals surface area contributed by atoms with E-state index in [1.54, 1.807) is 0 Å². The highest BCUT2D eigenvalue weighted by Gasteiger charge is 2.17. The second-order valence-electron chi connectivity index (χ2n) is 31.5. The van der Waals surface area contributed by atoms with Crippen LogP contribution in [0.1, 0.15) is 214 Å². The number of fused-ring (bicyclic) bond motifs is 12. The number of hydrogen-bond donors (Lipinski definition) is 0. The van der Waals surface area contributed by atoms with Crippen LogP contribution in [0.2, 0.25) is 0 Å². The van der Waals surface area contributed by atoms with E-state index in [0.717, 1.165) is 12.8 Å². The average Bonchev–Trinajstić information content (AvgIpc) is 0.786. The van der Waals surface area contributed by atoms with Gasteiger partial charge in [0.15, 0.2) is 0 Å². The summed E-state index contributed by atoms with van der Waals surface area (Å²) >= 11 is 0. The van der Waals surface area contributed by atoms with E-state index in [1.165, 1.54) is 241 Å². The maximum absolute atomic E-state index is 2.34. The highest BCUT2D eigenvalue weighted by molar-refractivity contribution is 6.12. The molecular weight excluding hydrogens is 1560 g/mol. The van der Waals surface area contributed by atoms with E-state index in [-0.39, 0.29) is 0 Å². The van der Waals surface area contributed by atoms with Crippen molar-refractivity contribution in [1.82, 2.24) is 0 Å². The summed E-state index contributed by atoms with van der Waals surface area (Å²) in [5.74, 6) is 0. The van der Waals surface area contributed by atoms with Gasteiger partial charge in [-0.3, -0.25) is 0 Å². The fraction of sp³-hybridized carbons (Fsp3) is 0.262. The van der Waals surface area contributed by atoms with Crippen molar-refractivity contribution in [2.75, 3.05) is 0 Å². The molecule has 0 aromatic heterocycles. The molecule has 20 rings (SSSR count). The van der Waals surface area contributed by atoms with Crippen molar-refractivity contribution in [2.24, 2.45) is 0 Å². The van der Waals surface area contributed by atoms with Gasteiger partial charge in [-0.05, 0) is 333 Å². The zero-order valence-corrected chi connectivity index (χ0v) is 85.2. The largest absolute Gasteiger partial charge is 0.0683 e. The minimum Gasteiger partial charge on any atom is -0.0683 e. The third kappa shape index (κ3) is 23.4. The maximum Gasteiger partial charge on any atom is -0.0139 e. The van der Waals surface area contributed by atoms with Crippen LogP contribution in [0.5, 0.6) is 0 Å². The van der Waals surface area contributed by atoms with Crippen LogP contribution in [0, 0.1) is 90.0 Å². The van der Waals surface area contributed by atoms with Crippen molar-refractivity contribution in [3.05, 3.63) is 405 Å². The molecule has 0 heteroatoms. The van der Waals surface area contributed by atoms with Crippen LogP contribution in [0.4, 0.5) is 0 Å². The summed E-state index contributed by atoms with van der Waals surface area (Å²) in [6.07, 6.45) is 3.43. The molecule has 0 spiro atoms. The van der Waals surface area contributed by atoms with Gasteiger partial charge in [0.25, 0.3) is 0 Å². The topological polar surface area (TPSA) is 0 Å². The first-order valence-electron chi connectivity index (χ1n) is 48.9. The Hall–Kier alpha value is -12.5. The molecule has 0 aliphatic heterocycles. The van der Waals surface area contributed by atoms with Gasteiger partial charge in [0.05, 0.1) is 0 Å². The van der Waals surface area contributed by atoms with Crippen molar-refractivity contribution in [3.63, 3.8) is 0 Å². The zero-order chi connectivity index (χ0) is 95.4. The van der Waals surface area contributed by atoms with Gasteiger partial charge in [-0.1, -0.05) is 457 Å². The van der Waals surface area contributed by atoms with Gasteiger partial charge in [0.1, 0.15) is 0 Å². The average molecular weight is 1710 g/mol. The Kier molecular flexibility index (Phi) is 42.0. The lowest BCUT2D eigenvalue weighted by molar-refractivity contribution is 0.936. The lowest BCUT2D eigenvalue weighted by atomic mass is 9.89. The van der Waals surface area contributed by atoms with Crippen LogP contribution in [-0.4, -0.2) is 0 Å². The van der Waals surface area contributed by atoms with Crippen molar-refractivity contribution >= 4 is 129 Å². The maximum atomic E-state index is 2.34. The van der Waals surface area contributed by atoms with Gasteiger partial charge in [0.2, 0.25) is 0 Å². The Bertz CT molecular complexity index is 6620. The van der Waals surface area contributed by atoms with Crippen LogP contribution < -0.4 is 0 Å². The molecule has 0 aliphatic carbocycles. The highest BCUT2D eigenvalue weighted by Crippen LogP contribution is 2.41. The van der Waals surface area contributed by atoms with Crippen LogP contribution in [-0.2, 0) is 12.8 Å². The van der Waals surface area contributed by atoms with Crippen molar-refractivity contribution < 1.29 is 0 Å². The summed E-state index contributed by atoms with van der Waals surface area (Å²) in [7, 11) is 0. The predicted molar refractivity (Wildman–Crippen MR) is 595 cm³/mol. The quantitative estimate of drug-likeness (QED) is 0.151. The zero-order valence-electron chi connectivity index (χ0n) is 85.2. The fourth-order valence-corrected chi connectivity index (χ4v) is 18.2. The molecule has 0 aliphatic rings. The van der Waals surface area contributed by atoms with Gasteiger partial charge in [0, 0.05) is 0 Å². The third-order valence-corrected chi connectivity index (χ3v) is 24.5. The summed E-state index contributed by atoms with van der Waals surface area (Å²) in [5.41, 5.74) is 25.9. The standard InChI is InChI=1S/C28H22.2C18H18.2C17H16.C16H14.8C2H6/c1-19-25-15-13-24(22-11-7-4-8-12-22)18-28(25)20(2)26-16-14-23(17-27(19)26)21-9-5-3-6-10-21;1-11-5-7-15-14(4)18-10-12(2)6-8-16(18)13(3)17(15)9-11;1-3-8-16-17-11-6-4-9-14(17)13(2)15-10-5-7-12-18(15)16;1-11-8-9-16-12(2)14-6-4-5-7-15(14)13(3)17(16)10-11;1-3-13-16-10-6-4-8-14(16)12(2)15-9-5-7-11-17(13)15;1-11-13-7-3-5-9-15(13)12(2)16-10-6-4-8-14(11)16;8*1-2/h3-18H,1-2H3;5-10H,1-4H3;4-7,9-12H,3,8H2,1-2H3;4-10H,1-3H3;4-11H,3H2,1-2H3;3-10H,1-2H3;8*1-2H3. The van der Waals surface area contributed by atoms with Crippen LogP contribution in [0.15, 0.2) is 322 Å². The summed E-state index contributed by atoms with van der Waals surface area (Å²) < 4.78 is 0. The summed E-state index contributed by atoms with van der Waals surface area (Å²) in [4.78, 5) is 0. The van der Waals surface area contributed by atoms with Crippen molar-refractivity contribution in [3.8, 4) is 22.3 Å². The van der Waals surface area contributed by atoms with Crippen molar-refractivity contribution in [2.45, 2.75) is 234 Å². The van der Waals surface area contributed by atoms with E-state index in [1.807, 2.05) is 111 Å². The highest BCUT2D eigenvalue weighted by atomic mass is 14.2. The first-order chi connectivity index (χ1) is 63.4. The molecule has 20 aromatic rings. The lowest BCUT2D eigenvalue weighted by Crippen LogP contribution is -1.92. The summed E-state index contributed by atoms with van der Waals surface area (Å²) in [6, 6.07) is 116. The van der Waals surface area contributed by atoms with Crippen molar-refractivity contribution in [1.29, 1.82) is 0 Å². The molecule has 0 saturated carbocycles. The molecule has 0 unspecified atom stereocenters. The smallest absolute Gasteiger partial charge is 0.0139 e. The summed E-state index contributed by atoms with van der Waals surface area (Å²) in [6.45, 7) is 65.3. The second kappa shape index (κ2) is 52.2. The third-order valence-electron chi connectivity index (χ3n) is 24.5. The van der Waals surface area contributed by atoms with Crippen LogP contribution >= 0.6 is 0 Å². The van der Waals surface area contributed by atoms with Gasteiger partial charge in [-0.25, -0.2) is 0 Å². The van der Waals surface area contributed by atoms with E-state index in [0.29, 0.717) is 0 Å². The fourth-order valence-electron chi connectivity index (χ4n) is 18.2. The molecule has 0 amide bonds. The Balaban J connectivity index is 0.000000209. The normalized spacial score (nSPS) is 10.2. The molecule has 0 atom stereocenters. The summed E-state index contributed by atoms with van der Waals surface area (Å²) in [5, 5.41) is 33.2. The van der Waals surface area contributed by atoms with E-state index < -0.39 is 0 Å². The molecule has 672 valence electrons. The minimum atomic E-state index is 1.08. The molecular formula is C130H152. The number of hydrogen-bond acceptors (Lipinski definition) is 0. The first-order valence-corrected chi connectivity index (χ1v) is 48.9. The molecule has 20 aromatic carbocycles. The molecule has 0 heterocycles. The monoisotopic (exact) mass is 1710 g/mol. The SMILES string of the molecule is CC.CC.CC.CC.CC.CC.CC.CC.CCCc1c2ccccc2c(C)c2ccccc12.CCc1c2ccccc2c(C)c2ccccc12.Cc1c2ccc(-c3ccccc3)cc2c(C)c2ccc(-c3ccccc3)cc12.Cc1c2ccccc2c(C)c2ccccc12.Cc1ccc2c(C)c3cc(C)ccc3c(C)c2c1.Cc1ccc2c(C)c3ccccc3c(C)c2c1. The Morgan fingerprint density at radius 3 is 0.508 bits per heavy atom. The Morgan fingerprint density at radius 2 is 0.300 bits per heavy atom. The molecule has 0 N–H and O–H groups in total. The van der Waals surface area contributed by atoms with Gasteiger partial charge in [-0.2, -0.15) is 0 Å². The number of benzene rings is 20. The molecule has 0 saturated heterocycles. The molecule has 0 bridgehead atoms. The van der Waals surface area contributed by atoms with Gasteiger partial charge < -0.3 is 0 Å². The minimum absolute atomic E-state index is 1.08. The van der Waals surface area contributed by atoms with Gasteiger partial charge in [-0.15, -0.1) is 0 Å².